The summed E-state index contributed by atoms with van der Waals surface area (Å²) in [7, 11) is 0. The van der Waals surface area contributed by atoms with Gasteiger partial charge < -0.3 is 0 Å². The van der Waals surface area contributed by atoms with Crippen LogP contribution in [0.5, 0.6) is 0 Å². The summed E-state index contributed by atoms with van der Waals surface area (Å²) >= 11 is 2.18. The van der Waals surface area contributed by atoms with Crippen molar-refractivity contribution in [2.24, 2.45) is 0 Å². The molecule has 1 nitrogen and oxygen atoms in total. The van der Waals surface area contributed by atoms with E-state index in [9.17, 15) is 0 Å². The molecule has 2 heteroatoms. The number of rotatable bonds is 0. The molecule has 0 amide bonds. The van der Waals surface area contributed by atoms with E-state index < -0.39 is 0 Å². The maximum atomic E-state index is 3.88. The Morgan fingerprint density at radius 3 is 2.00 bits per heavy atom. The molecule has 0 atom stereocenters. The van der Waals surface area contributed by atoms with Gasteiger partial charge in [-0.15, -0.1) is 11.8 Å². The lowest BCUT2D eigenvalue weighted by atomic mass is 9.94. The maximum Gasteiger partial charge on any atom is 0.0650 e. The van der Waals surface area contributed by atoms with Gasteiger partial charge in [0.1, 0.15) is 0 Å². The molecule has 1 saturated carbocycles. The van der Waals surface area contributed by atoms with E-state index in [1.807, 2.05) is 0 Å². The molecule has 1 saturated heterocycles. The van der Waals surface area contributed by atoms with Crippen LogP contribution in [0.25, 0.3) is 0 Å². The van der Waals surface area contributed by atoms with Crippen LogP contribution < -0.4 is 5.32 Å². The highest BCUT2D eigenvalue weighted by atomic mass is 32.2. The summed E-state index contributed by atoms with van der Waals surface area (Å²) in [4.78, 5) is 0.448. The van der Waals surface area contributed by atoms with E-state index in [1.165, 1.54) is 50.7 Å². The van der Waals surface area contributed by atoms with Gasteiger partial charge in [-0.25, -0.2) is 0 Å². The largest absolute Gasteiger partial charge is 0.297 e. The Bertz CT molecular complexity index is 192. The van der Waals surface area contributed by atoms with Crippen molar-refractivity contribution in [3.63, 3.8) is 0 Å². The third-order valence-corrected chi connectivity index (χ3v) is 5.37. The second kappa shape index (κ2) is 4.05. The van der Waals surface area contributed by atoms with Gasteiger partial charge in [0.25, 0.3) is 0 Å². The molecule has 0 unspecified atom stereocenters. The average molecular weight is 213 g/mol. The first-order valence-electron chi connectivity index (χ1n) is 6.05. The average Bonchev–Trinajstić information content (AvgIpc) is 2.37. The zero-order valence-electron chi connectivity index (χ0n) is 9.57. The van der Waals surface area contributed by atoms with Crippen LogP contribution in [0.2, 0.25) is 0 Å². The summed E-state index contributed by atoms with van der Waals surface area (Å²) in [5.41, 5.74) is 0.365. The van der Waals surface area contributed by atoms with E-state index in [0.717, 1.165) is 0 Å². The van der Waals surface area contributed by atoms with Gasteiger partial charge in [-0.3, -0.25) is 5.32 Å². The molecule has 1 N–H and O–H groups in total. The molecule has 1 aliphatic heterocycles. The Kier molecular flexibility index (Phi) is 3.13. The van der Waals surface area contributed by atoms with E-state index in [1.54, 1.807) is 0 Å². The van der Waals surface area contributed by atoms with Crippen LogP contribution in [0.1, 0.15) is 58.8 Å². The maximum absolute atomic E-state index is 3.88. The van der Waals surface area contributed by atoms with Gasteiger partial charge in [0, 0.05) is 11.3 Å². The van der Waals surface area contributed by atoms with Crippen molar-refractivity contribution < 1.29 is 0 Å². The Morgan fingerprint density at radius 1 is 0.929 bits per heavy atom. The van der Waals surface area contributed by atoms with Crippen LogP contribution in [0, 0.1) is 0 Å². The van der Waals surface area contributed by atoms with Crippen molar-refractivity contribution in [2.75, 3.05) is 5.75 Å². The monoisotopic (exact) mass is 213 g/mol. The molecule has 2 fully saturated rings. The van der Waals surface area contributed by atoms with Crippen molar-refractivity contribution in [1.82, 2.24) is 5.32 Å². The molecular formula is C12H23NS. The molecule has 0 aromatic carbocycles. The van der Waals surface area contributed by atoms with Gasteiger partial charge in [0.05, 0.1) is 4.87 Å². The quantitative estimate of drug-likeness (QED) is 0.660. The minimum absolute atomic E-state index is 0.365. The van der Waals surface area contributed by atoms with E-state index in [4.69, 9.17) is 0 Å². The number of hydrogen-bond acceptors (Lipinski definition) is 2. The molecule has 2 rings (SSSR count). The zero-order valence-corrected chi connectivity index (χ0v) is 10.4. The second-order valence-electron chi connectivity index (χ2n) is 5.56. The summed E-state index contributed by atoms with van der Waals surface area (Å²) in [6.07, 6.45) is 9.99. The minimum atomic E-state index is 0.365. The first-order valence-corrected chi connectivity index (χ1v) is 7.04. The fraction of sp³-hybridized carbons (Fsp3) is 1.00. The summed E-state index contributed by atoms with van der Waals surface area (Å²) in [6.45, 7) is 4.68. The summed E-state index contributed by atoms with van der Waals surface area (Å²) in [5.74, 6) is 1.28. The summed E-state index contributed by atoms with van der Waals surface area (Å²) in [5, 5.41) is 3.88. The Balaban J connectivity index is 1.99. The van der Waals surface area contributed by atoms with Crippen LogP contribution in [-0.2, 0) is 0 Å². The lowest BCUT2D eigenvalue weighted by molar-refractivity contribution is 0.305. The van der Waals surface area contributed by atoms with Crippen molar-refractivity contribution in [3.8, 4) is 0 Å². The number of hydrogen-bond donors (Lipinski definition) is 1. The molecule has 82 valence electrons. The van der Waals surface area contributed by atoms with Gasteiger partial charge in [-0.2, -0.15) is 0 Å². The molecule has 2 aliphatic rings. The van der Waals surface area contributed by atoms with Gasteiger partial charge in [0.2, 0.25) is 0 Å². The predicted molar refractivity (Wildman–Crippen MR) is 64.7 cm³/mol. The van der Waals surface area contributed by atoms with Gasteiger partial charge in [-0.05, 0) is 26.7 Å². The third kappa shape index (κ3) is 2.46. The van der Waals surface area contributed by atoms with Crippen molar-refractivity contribution in [2.45, 2.75) is 69.2 Å². The number of nitrogens with one attached hydrogen (secondary N) is 1. The Hall–Kier alpha value is 0.310. The Morgan fingerprint density at radius 2 is 1.50 bits per heavy atom. The molecule has 14 heavy (non-hydrogen) atoms. The van der Waals surface area contributed by atoms with E-state index >= 15 is 0 Å². The molecule has 0 aromatic rings. The molecule has 0 bridgehead atoms. The SMILES string of the molecule is CC1(C)CSC2(CCCCCCC2)N1. The molecule has 0 aromatic heterocycles. The standard InChI is InChI=1S/C12H23NS/c1-11(2)10-14-12(13-11)8-6-4-3-5-7-9-12/h13H,3-10H2,1-2H3. The van der Waals surface area contributed by atoms with Crippen LogP contribution in [0.15, 0.2) is 0 Å². The zero-order chi connectivity index (χ0) is 10.1. The highest BCUT2D eigenvalue weighted by molar-refractivity contribution is 8.00. The highest BCUT2D eigenvalue weighted by Gasteiger charge is 2.42. The fourth-order valence-electron chi connectivity index (χ4n) is 2.75. The van der Waals surface area contributed by atoms with E-state index in [2.05, 4.69) is 30.9 Å². The smallest absolute Gasteiger partial charge is 0.0650 e. The van der Waals surface area contributed by atoms with Crippen molar-refractivity contribution in [1.29, 1.82) is 0 Å². The van der Waals surface area contributed by atoms with Gasteiger partial charge in [0.15, 0.2) is 0 Å². The van der Waals surface area contributed by atoms with E-state index in [-0.39, 0.29) is 0 Å². The molecular weight excluding hydrogens is 190 g/mol. The fourth-order valence-corrected chi connectivity index (χ4v) is 4.39. The normalized spacial score (nSPS) is 31.3. The first-order chi connectivity index (χ1) is 6.62. The number of thioether (sulfide) groups is 1. The van der Waals surface area contributed by atoms with Crippen molar-refractivity contribution in [3.05, 3.63) is 0 Å². The third-order valence-electron chi connectivity index (χ3n) is 3.44. The first kappa shape index (κ1) is 10.8. The molecule has 1 spiro atoms. The molecule has 1 heterocycles. The lowest BCUT2D eigenvalue weighted by Crippen LogP contribution is -2.47. The topological polar surface area (TPSA) is 12.0 Å². The van der Waals surface area contributed by atoms with Crippen LogP contribution in [0.3, 0.4) is 0 Å². The van der Waals surface area contributed by atoms with Gasteiger partial charge >= 0.3 is 0 Å². The van der Waals surface area contributed by atoms with Gasteiger partial charge in [-0.1, -0.05) is 32.1 Å². The highest BCUT2D eigenvalue weighted by Crippen LogP contribution is 2.43. The summed E-state index contributed by atoms with van der Waals surface area (Å²) in [6, 6.07) is 0. The van der Waals surface area contributed by atoms with Crippen LogP contribution >= 0.6 is 11.8 Å². The van der Waals surface area contributed by atoms with Crippen LogP contribution in [0.4, 0.5) is 0 Å². The Labute approximate surface area is 92.4 Å². The molecule has 1 aliphatic carbocycles. The minimum Gasteiger partial charge on any atom is -0.297 e. The van der Waals surface area contributed by atoms with Crippen molar-refractivity contribution >= 4 is 11.8 Å². The molecule has 0 radical (unpaired) electrons. The van der Waals surface area contributed by atoms with Crippen LogP contribution in [-0.4, -0.2) is 16.2 Å². The lowest BCUT2D eigenvalue weighted by Gasteiger charge is -2.33. The summed E-state index contributed by atoms with van der Waals surface area (Å²) < 4.78 is 0. The second-order valence-corrected chi connectivity index (χ2v) is 6.92. The van der Waals surface area contributed by atoms with E-state index in [0.29, 0.717) is 10.4 Å². The predicted octanol–water partition coefficient (Wildman–Crippen LogP) is 3.54.